The summed E-state index contributed by atoms with van der Waals surface area (Å²) in [5, 5.41) is 13.0. The number of rotatable bonds is 3. The highest BCUT2D eigenvalue weighted by atomic mass is 16.3. The predicted octanol–water partition coefficient (Wildman–Crippen LogP) is 4.76. The number of hydrogen-bond acceptors (Lipinski definition) is 3. The van der Waals surface area contributed by atoms with Crippen LogP contribution >= 0.6 is 0 Å². The van der Waals surface area contributed by atoms with Crippen LogP contribution in [0, 0.1) is 6.92 Å². The number of nitrogens with one attached hydrogen (secondary N) is 1. The molecule has 0 radical (unpaired) electrons. The summed E-state index contributed by atoms with van der Waals surface area (Å²) < 4.78 is 2.06. The highest BCUT2D eigenvalue weighted by molar-refractivity contribution is 5.79. The van der Waals surface area contributed by atoms with Crippen LogP contribution < -0.4 is 5.32 Å². The molecule has 4 heteroatoms. The second kappa shape index (κ2) is 5.74. The van der Waals surface area contributed by atoms with Crippen molar-refractivity contribution in [2.75, 3.05) is 5.32 Å². The Morgan fingerprint density at radius 1 is 0.917 bits per heavy atom. The van der Waals surface area contributed by atoms with Gasteiger partial charge in [0.05, 0.1) is 0 Å². The number of aromatic hydroxyl groups is 1. The van der Waals surface area contributed by atoms with Crippen molar-refractivity contribution in [1.29, 1.82) is 0 Å². The van der Waals surface area contributed by atoms with Crippen LogP contribution in [0.4, 0.5) is 11.5 Å². The van der Waals surface area contributed by atoms with Gasteiger partial charge in [-0.3, -0.25) is 4.40 Å². The van der Waals surface area contributed by atoms with Gasteiger partial charge in [-0.1, -0.05) is 24.3 Å². The number of pyridine rings is 1. The monoisotopic (exact) mass is 315 g/mol. The van der Waals surface area contributed by atoms with E-state index in [0.29, 0.717) is 0 Å². The van der Waals surface area contributed by atoms with Crippen molar-refractivity contribution in [2.45, 2.75) is 6.92 Å². The number of aryl methyl sites for hydroxylation is 1. The number of para-hydroxylation sites is 1. The van der Waals surface area contributed by atoms with Gasteiger partial charge in [0.1, 0.15) is 22.9 Å². The minimum Gasteiger partial charge on any atom is -0.508 e. The molecule has 2 N–H and O–H groups in total. The molecule has 0 amide bonds. The molecule has 0 unspecified atom stereocenters. The number of phenols is 1. The van der Waals surface area contributed by atoms with Gasteiger partial charge in [0.15, 0.2) is 0 Å². The van der Waals surface area contributed by atoms with E-state index in [9.17, 15) is 5.11 Å². The fraction of sp³-hybridized carbons (Fsp3) is 0.0500. The summed E-state index contributed by atoms with van der Waals surface area (Å²) >= 11 is 0. The second-order valence-corrected chi connectivity index (χ2v) is 5.78. The van der Waals surface area contributed by atoms with Crippen molar-refractivity contribution in [1.82, 2.24) is 9.38 Å². The molecule has 0 bridgehead atoms. The van der Waals surface area contributed by atoms with Crippen LogP contribution in [-0.2, 0) is 0 Å². The lowest BCUT2D eigenvalue weighted by Gasteiger charge is -2.09. The quantitative estimate of drug-likeness (QED) is 0.573. The standard InChI is InChI=1S/C20H17N3O/c1-14-7-12-18-22-19(15-8-10-17(24)11-9-15)20(23(18)13-14)21-16-5-3-2-4-6-16/h2-13,21,24H,1H3. The summed E-state index contributed by atoms with van der Waals surface area (Å²) in [6, 6.07) is 21.2. The Hall–Kier alpha value is -3.27. The molecule has 4 rings (SSSR count). The zero-order valence-corrected chi connectivity index (χ0v) is 13.3. The summed E-state index contributed by atoms with van der Waals surface area (Å²) in [6.07, 6.45) is 2.07. The molecule has 4 nitrogen and oxygen atoms in total. The smallest absolute Gasteiger partial charge is 0.143 e. The van der Waals surface area contributed by atoms with Crippen molar-refractivity contribution in [2.24, 2.45) is 0 Å². The van der Waals surface area contributed by atoms with Crippen molar-refractivity contribution < 1.29 is 5.11 Å². The lowest BCUT2D eigenvalue weighted by molar-refractivity contribution is 0.475. The van der Waals surface area contributed by atoms with Gasteiger partial charge in [-0.05, 0) is 55.0 Å². The number of fused-ring (bicyclic) bond motifs is 1. The molecule has 2 heterocycles. The molecule has 2 aromatic heterocycles. The third kappa shape index (κ3) is 2.58. The largest absolute Gasteiger partial charge is 0.508 e. The van der Waals surface area contributed by atoms with Gasteiger partial charge in [0.25, 0.3) is 0 Å². The van der Waals surface area contributed by atoms with E-state index in [-0.39, 0.29) is 5.75 Å². The Kier molecular flexibility index (Phi) is 3.43. The van der Waals surface area contributed by atoms with Gasteiger partial charge in [-0.15, -0.1) is 0 Å². The Morgan fingerprint density at radius 2 is 1.67 bits per heavy atom. The molecule has 0 aliphatic carbocycles. The summed E-state index contributed by atoms with van der Waals surface area (Å²) in [4.78, 5) is 4.77. The molecule has 0 spiro atoms. The number of nitrogens with zero attached hydrogens (tertiary/aromatic N) is 2. The summed E-state index contributed by atoms with van der Waals surface area (Å²) in [6.45, 7) is 2.06. The average Bonchev–Trinajstić information content (AvgIpc) is 2.94. The first-order valence-electron chi connectivity index (χ1n) is 7.81. The Morgan fingerprint density at radius 3 is 2.42 bits per heavy atom. The van der Waals surface area contributed by atoms with Gasteiger partial charge >= 0.3 is 0 Å². The third-order valence-electron chi connectivity index (χ3n) is 3.94. The predicted molar refractivity (Wildman–Crippen MR) is 96.8 cm³/mol. The van der Waals surface area contributed by atoms with Crippen molar-refractivity contribution in [3.63, 3.8) is 0 Å². The first kappa shape index (κ1) is 14.3. The molecule has 24 heavy (non-hydrogen) atoms. The number of aromatic nitrogens is 2. The maximum atomic E-state index is 9.54. The van der Waals surface area contributed by atoms with E-state index >= 15 is 0 Å². The van der Waals surface area contributed by atoms with Crippen LogP contribution in [0.3, 0.4) is 0 Å². The minimum atomic E-state index is 0.246. The van der Waals surface area contributed by atoms with Crippen LogP contribution in [-0.4, -0.2) is 14.5 Å². The van der Waals surface area contributed by atoms with Crippen LogP contribution in [0.5, 0.6) is 5.75 Å². The molecule has 118 valence electrons. The van der Waals surface area contributed by atoms with E-state index in [0.717, 1.165) is 34.0 Å². The fourth-order valence-corrected chi connectivity index (χ4v) is 2.75. The van der Waals surface area contributed by atoms with E-state index in [2.05, 4.69) is 28.9 Å². The summed E-state index contributed by atoms with van der Waals surface area (Å²) in [5.74, 6) is 1.15. The van der Waals surface area contributed by atoms with Crippen molar-refractivity contribution >= 4 is 17.2 Å². The number of hydrogen-bond donors (Lipinski definition) is 2. The van der Waals surface area contributed by atoms with Gasteiger partial charge in [0.2, 0.25) is 0 Å². The molecule has 0 aliphatic heterocycles. The number of imidazole rings is 1. The molecular formula is C20H17N3O. The Bertz CT molecular complexity index is 989. The normalized spacial score (nSPS) is 10.9. The molecule has 0 fully saturated rings. The molecular weight excluding hydrogens is 298 g/mol. The van der Waals surface area contributed by atoms with E-state index in [4.69, 9.17) is 4.98 Å². The van der Waals surface area contributed by atoms with Crippen LogP contribution in [0.1, 0.15) is 5.56 Å². The van der Waals surface area contributed by atoms with E-state index in [1.165, 1.54) is 0 Å². The van der Waals surface area contributed by atoms with Gasteiger partial charge in [-0.25, -0.2) is 4.98 Å². The lowest BCUT2D eigenvalue weighted by atomic mass is 10.1. The number of anilines is 2. The van der Waals surface area contributed by atoms with Crippen molar-refractivity contribution in [3.8, 4) is 17.0 Å². The molecule has 0 saturated carbocycles. The second-order valence-electron chi connectivity index (χ2n) is 5.78. The number of phenolic OH excluding ortho intramolecular Hbond substituents is 1. The zero-order valence-electron chi connectivity index (χ0n) is 13.3. The Labute approximate surface area is 140 Å². The first-order chi connectivity index (χ1) is 11.7. The Balaban J connectivity index is 1.91. The van der Waals surface area contributed by atoms with Gasteiger partial charge in [0, 0.05) is 17.4 Å². The van der Waals surface area contributed by atoms with Crippen molar-refractivity contribution in [3.05, 3.63) is 78.5 Å². The van der Waals surface area contributed by atoms with Gasteiger partial charge < -0.3 is 10.4 Å². The molecule has 0 atom stereocenters. The molecule has 2 aromatic carbocycles. The topological polar surface area (TPSA) is 49.6 Å². The third-order valence-corrected chi connectivity index (χ3v) is 3.94. The average molecular weight is 315 g/mol. The van der Waals surface area contributed by atoms with Crippen LogP contribution in [0.25, 0.3) is 16.9 Å². The fourth-order valence-electron chi connectivity index (χ4n) is 2.75. The highest BCUT2D eigenvalue weighted by Gasteiger charge is 2.14. The zero-order chi connectivity index (χ0) is 16.5. The van der Waals surface area contributed by atoms with Crippen LogP contribution in [0.15, 0.2) is 72.9 Å². The van der Waals surface area contributed by atoms with E-state index in [1.54, 1.807) is 12.1 Å². The molecule has 0 saturated heterocycles. The van der Waals surface area contributed by atoms with E-state index < -0.39 is 0 Å². The molecule has 4 aromatic rings. The maximum Gasteiger partial charge on any atom is 0.143 e. The summed E-state index contributed by atoms with van der Waals surface area (Å²) in [7, 11) is 0. The lowest BCUT2D eigenvalue weighted by Crippen LogP contribution is -1.97. The summed E-state index contributed by atoms with van der Waals surface area (Å²) in [5.41, 5.74) is 4.84. The van der Waals surface area contributed by atoms with E-state index in [1.807, 2.05) is 48.5 Å². The SMILES string of the molecule is Cc1ccc2nc(-c3ccc(O)cc3)c(Nc3ccccc3)n2c1. The van der Waals surface area contributed by atoms with Crippen LogP contribution in [0.2, 0.25) is 0 Å². The number of benzene rings is 2. The first-order valence-corrected chi connectivity index (χ1v) is 7.81. The highest BCUT2D eigenvalue weighted by Crippen LogP contribution is 2.32. The maximum absolute atomic E-state index is 9.54. The van der Waals surface area contributed by atoms with Gasteiger partial charge in [-0.2, -0.15) is 0 Å². The minimum absolute atomic E-state index is 0.246. The molecule has 0 aliphatic rings.